The van der Waals surface area contributed by atoms with Gasteiger partial charge in [0.15, 0.2) is 9.84 Å². The summed E-state index contributed by atoms with van der Waals surface area (Å²) >= 11 is 6.01. The molecule has 1 fully saturated rings. The molecule has 1 aromatic carbocycles. The van der Waals surface area contributed by atoms with Gasteiger partial charge in [0, 0.05) is 11.4 Å². The van der Waals surface area contributed by atoms with E-state index in [-0.39, 0.29) is 18.8 Å². The molecule has 0 bridgehead atoms. The molecule has 2 rings (SSSR count). The summed E-state index contributed by atoms with van der Waals surface area (Å²) in [6.07, 6.45) is 9.52. The molecule has 0 saturated heterocycles. The molecule has 2 amide bonds. The van der Waals surface area contributed by atoms with Crippen molar-refractivity contribution in [1.82, 2.24) is 10.6 Å². The largest absolute Gasteiger partial charge is 0.390 e. The van der Waals surface area contributed by atoms with E-state index in [1.54, 1.807) is 45.0 Å². The van der Waals surface area contributed by atoms with Gasteiger partial charge in [0.25, 0.3) is 0 Å². The van der Waals surface area contributed by atoms with Crippen LogP contribution in [0.25, 0.3) is 0 Å². The molecule has 1 aliphatic rings. The van der Waals surface area contributed by atoms with Crippen molar-refractivity contribution in [1.29, 1.82) is 0 Å². The van der Waals surface area contributed by atoms with Gasteiger partial charge in [-0.1, -0.05) is 69.7 Å². The summed E-state index contributed by atoms with van der Waals surface area (Å²) < 4.78 is 25.2. The second kappa shape index (κ2) is 16.8. The molecule has 5 atom stereocenters. The summed E-state index contributed by atoms with van der Waals surface area (Å²) in [6.45, 7) is 8.64. The number of halogens is 1. The number of aliphatic hydroxyl groups excluding tert-OH is 2. The van der Waals surface area contributed by atoms with Crippen LogP contribution in [0.3, 0.4) is 0 Å². The highest BCUT2D eigenvalue weighted by atomic mass is 35.5. The minimum Gasteiger partial charge on any atom is -0.390 e. The Kier molecular flexibility index (Phi) is 14.5. The van der Waals surface area contributed by atoms with Crippen LogP contribution in [0.2, 0.25) is 5.02 Å². The first-order chi connectivity index (χ1) is 20.0. The summed E-state index contributed by atoms with van der Waals surface area (Å²) in [7, 11) is -3.69. The molecule has 0 heterocycles. The van der Waals surface area contributed by atoms with Gasteiger partial charge in [0.05, 0.1) is 28.6 Å². The number of carbonyl (C=O) groups excluding carboxylic acids is 2. The maximum Gasteiger partial charge on any atom is 0.243 e. The van der Waals surface area contributed by atoms with Crippen LogP contribution in [0.15, 0.2) is 24.3 Å². The number of hydrogen-bond acceptors (Lipinski definition) is 6. The van der Waals surface area contributed by atoms with E-state index in [1.165, 1.54) is 0 Å². The van der Waals surface area contributed by atoms with E-state index in [0.29, 0.717) is 23.8 Å². The third-order valence-electron chi connectivity index (χ3n) is 8.23. The van der Waals surface area contributed by atoms with Gasteiger partial charge < -0.3 is 20.8 Å². The molecule has 1 aromatic rings. The zero-order chi connectivity index (χ0) is 32.4. The maximum atomic E-state index is 13.6. The number of benzene rings is 1. The van der Waals surface area contributed by atoms with Crippen molar-refractivity contribution in [2.75, 3.05) is 5.75 Å². The molecule has 4 N–H and O–H groups in total. The average molecular weight is 639 g/mol. The van der Waals surface area contributed by atoms with E-state index >= 15 is 0 Å². The molecule has 0 aliphatic heterocycles. The first kappa shape index (κ1) is 37.1. The van der Waals surface area contributed by atoms with Gasteiger partial charge in [-0.25, -0.2) is 8.42 Å². The van der Waals surface area contributed by atoms with Crippen LogP contribution in [-0.2, 0) is 25.8 Å². The quantitative estimate of drug-likeness (QED) is 0.210. The van der Waals surface area contributed by atoms with Gasteiger partial charge in [-0.3, -0.25) is 9.59 Å². The zero-order valence-electron chi connectivity index (χ0n) is 26.3. The van der Waals surface area contributed by atoms with Crippen LogP contribution in [0.5, 0.6) is 0 Å². The van der Waals surface area contributed by atoms with Crippen LogP contribution in [0, 0.1) is 30.1 Å². The van der Waals surface area contributed by atoms with Gasteiger partial charge in [0.1, 0.15) is 12.1 Å². The van der Waals surface area contributed by atoms with Crippen molar-refractivity contribution in [3.8, 4) is 12.3 Å². The highest BCUT2D eigenvalue weighted by Gasteiger charge is 2.37. The lowest BCUT2D eigenvalue weighted by Crippen LogP contribution is -2.56. The molecule has 10 heteroatoms. The van der Waals surface area contributed by atoms with E-state index < -0.39 is 62.4 Å². The van der Waals surface area contributed by atoms with Crippen LogP contribution in [-0.4, -0.2) is 65.2 Å². The van der Waals surface area contributed by atoms with Crippen molar-refractivity contribution >= 4 is 33.3 Å². The fraction of sp³-hybridized carbons (Fsp3) is 0.697. The first-order valence-electron chi connectivity index (χ1n) is 15.4. The Morgan fingerprint density at radius 2 is 1.65 bits per heavy atom. The van der Waals surface area contributed by atoms with Gasteiger partial charge in [0.2, 0.25) is 11.8 Å². The molecule has 43 heavy (non-hydrogen) atoms. The first-order valence-corrected chi connectivity index (χ1v) is 17.4. The van der Waals surface area contributed by atoms with E-state index in [1.807, 2.05) is 13.8 Å². The van der Waals surface area contributed by atoms with Gasteiger partial charge >= 0.3 is 0 Å². The van der Waals surface area contributed by atoms with E-state index in [2.05, 4.69) is 16.6 Å². The Labute approximate surface area is 263 Å². The molecule has 242 valence electrons. The number of rotatable bonds is 15. The smallest absolute Gasteiger partial charge is 0.243 e. The van der Waals surface area contributed by atoms with Gasteiger partial charge in [-0.2, -0.15) is 0 Å². The number of carbonyl (C=O) groups is 2. The monoisotopic (exact) mass is 638 g/mol. The Hall–Kier alpha value is -2.12. The summed E-state index contributed by atoms with van der Waals surface area (Å²) in [4.78, 5) is 27.2. The zero-order valence-corrected chi connectivity index (χ0v) is 27.9. The topological polar surface area (TPSA) is 133 Å². The highest BCUT2D eigenvalue weighted by Crippen LogP contribution is 2.29. The van der Waals surface area contributed by atoms with Crippen molar-refractivity contribution in [3.63, 3.8) is 0 Å². The Morgan fingerprint density at radius 3 is 2.19 bits per heavy atom. The van der Waals surface area contributed by atoms with Crippen molar-refractivity contribution in [3.05, 3.63) is 34.9 Å². The maximum absolute atomic E-state index is 13.6. The van der Waals surface area contributed by atoms with Crippen LogP contribution >= 0.6 is 11.6 Å². The highest BCUT2D eigenvalue weighted by molar-refractivity contribution is 7.92. The summed E-state index contributed by atoms with van der Waals surface area (Å²) in [5, 5.41) is 27.9. The second-order valence-corrected chi connectivity index (χ2v) is 16.7. The molecular weight excluding hydrogens is 588 g/mol. The number of nitrogens with one attached hydrogen (secondary N) is 2. The lowest BCUT2D eigenvalue weighted by atomic mass is 9.82. The molecular formula is C33H51ClN2O6S. The van der Waals surface area contributed by atoms with Crippen molar-refractivity contribution < 1.29 is 28.2 Å². The number of hydrogen-bond donors (Lipinski definition) is 4. The molecule has 0 radical (unpaired) electrons. The lowest BCUT2D eigenvalue weighted by molar-refractivity contribution is -0.132. The average Bonchev–Trinajstić information content (AvgIpc) is 2.92. The Bertz CT molecular complexity index is 1180. The fourth-order valence-electron chi connectivity index (χ4n) is 5.50. The molecule has 1 saturated carbocycles. The van der Waals surface area contributed by atoms with E-state index in [0.717, 1.165) is 37.7 Å². The van der Waals surface area contributed by atoms with Gasteiger partial charge in [-0.05, 0) is 69.6 Å². The predicted molar refractivity (Wildman–Crippen MR) is 172 cm³/mol. The summed E-state index contributed by atoms with van der Waals surface area (Å²) in [5.41, 5.74) is 0.724. The number of aliphatic hydroxyl groups is 2. The summed E-state index contributed by atoms with van der Waals surface area (Å²) in [6, 6.07) is 4.93. The Morgan fingerprint density at radius 1 is 1.05 bits per heavy atom. The van der Waals surface area contributed by atoms with Crippen LogP contribution < -0.4 is 10.6 Å². The standard InChI is InChI=1S/C33H51ClN2O6S/c1-7-11-27(32(40)36-28(20-23-12-9-8-10-13-23)30(38)29(37)18-22(2)3)35-31(39)25(21-43(41,42)33(4,5)6)19-24-14-16-26(34)17-15-24/h1,14-17,22-23,25,27-30,37-38H,8-13,18-21H2,2-6H3,(H,35,39)(H,36,40)/t25-,27+,28+,29+,30-/m1/s1. The molecule has 0 unspecified atom stereocenters. The minimum absolute atomic E-state index is 0.118. The van der Waals surface area contributed by atoms with Gasteiger partial charge in [-0.15, -0.1) is 12.3 Å². The SMILES string of the molecule is C#CC[C@H](NC(=O)[C@H](Cc1ccc(Cl)cc1)CS(=O)(=O)C(C)(C)C)C(=O)N[C@@H](CC1CCCCC1)[C@@H](O)[C@@H](O)CC(C)C. The lowest BCUT2D eigenvalue weighted by Gasteiger charge is -2.33. The number of amides is 2. The molecule has 0 spiro atoms. The third kappa shape index (κ3) is 12.1. The summed E-state index contributed by atoms with van der Waals surface area (Å²) in [5.74, 6) is 0.283. The number of sulfone groups is 1. The molecule has 1 aliphatic carbocycles. The van der Waals surface area contributed by atoms with E-state index in [4.69, 9.17) is 18.0 Å². The molecule has 0 aromatic heterocycles. The fourth-order valence-corrected chi connectivity index (χ4v) is 6.93. The molecule has 8 nitrogen and oxygen atoms in total. The third-order valence-corrected chi connectivity index (χ3v) is 11.2. The Balaban J connectivity index is 2.29. The van der Waals surface area contributed by atoms with Crippen LogP contribution in [0.4, 0.5) is 0 Å². The number of terminal acetylenes is 1. The van der Waals surface area contributed by atoms with E-state index in [9.17, 15) is 28.2 Å². The minimum atomic E-state index is -3.69. The van der Waals surface area contributed by atoms with Crippen molar-refractivity contribution in [2.24, 2.45) is 17.8 Å². The normalized spacial score (nSPS) is 18.2. The second-order valence-electron chi connectivity index (χ2n) is 13.4. The van der Waals surface area contributed by atoms with Crippen molar-refractivity contribution in [2.45, 2.75) is 121 Å². The predicted octanol–water partition coefficient (Wildman–Crippen LogP) is 4.44. The van der Waals surface area contributed by atoms with Crippen LogP contribution in [0.1, 0.15) is 91.5 Å².